The number of carbonyl (C=O) groups excluding carboxylic acids is 1. The summed E-state index contributed by atoms with van der Waals surface area (Å²) in [6.45, 7) is 5.27. The van der Waals surface area contributed by atoms with Gasteiger partial charge in [-0.25, -0.2) is 4.98 Å². The summed E-state index contributed by atoms with van der Waals surface area (Å²) in [6, 6.07) is 0. The summed E-state index contributed by atoms with van der Waals surface area (Å²) in [7, 11) is 0. The van der Waals surface area contributed by atoms with Crippen molar-refractivity contribution in [3.05, 3.63) is 29.5 Å². The van der Waals surface area contributed by atoms with Gasteiger partial charge in [0.15, 0.2) is 11.4 Å². The van der Waals surface area contributed by atoms with E-state index >= 15 is 0 Å². The fourth-order valence-electron chi connectivity index (χ4n) is 1.59. The van der Waals surface area contributed by atoms with Crippen LogP contribution in [0.1, 0.15) is 28.8 Å². The normalized spacial score (nSPS) is 10.8. The second-order valence-corrected chi connectivity index (χ2v) is 3.36. The Morgan fingerprint density at radius 3 is 2.79 bits per heavy atom. The van der Waals surface area contributed by atoms with Gasteiger partial charge in [-0.2, -0.15) is 0 Å². The molecule has 0 N–H and O–H groups in total. The van der Waals surface area contributed by atoms with Crippen LogP contribution in [0.5, 0.6) is 0 Å². The highest BCUT2D eigenvalue weighted by molar-refractivity contribution is 5.94. The molecule has 0 aliphatic rings. The molecule has 2 aromatic rings. The van der Waals surface area contributed by atoms with Crippen LogP contribution in [0.4, 0.5) is 0 Å². The third-order valence-electron chi connectivity index (χ3n) is 2.15. The first-order valence-electron chi connectivity index (χ1n) is 4.42. The van der Waals surface area contributed by atoms with Crippen LogP contribution in [0.2, 0.25) is 0 Å². The lowest BCUT2D eigenvalue weighted by atomic mass is 10.2. The molecule has 4 heteroatoms. The third kappa shape index (κ3) is 1.19. The van der Waals surface area contributed by atoms with Gasteiger partial charge in [0.1, 0.15) is 5.69 Å². The van der Waals surface area contributed by atoms with E-state index in [1.165, 1.54) is 0 Å². The van der Waals surface area contributed by atoms with Crippen LogP contribution in [0.25, 0.3) is 5.65 Å². The molecule has 0 spiro atoms. The molecule has 0 aromatic carbocycles. The van der Waals surface area contributed by atoms with E-state index in [-0.39, 0.29) is 5.78 Å². The highest BCUT2D eigenvalue weighted by atomic mass is 16.1. The van der Waals surface area contributed by atoms with E-state index in [2.05, 4.69) is 9.97 Å². The molecule has 0 fully saturated rings. The highest BCUT2D eigenvalue weighted by Gasteiger charge is 2.12. The molecule has 2 rings (SSSR count). The van der Waals surface area contributed by atoms with E-state index in [1.807, 2.05) is 20.0 Å². The average Bonchev–Trinajstić information content (AvgIpc) is 2.40. The van der Waals surface area contributed by atoms with Gasteiger partial charge in [0.25, 0.3) is 0 Å². The van der Waals surface area contributed by atoms with Crippen LogP contribution in [-0.2, 0) is 0 Å². The van der Waals surface area contributed by atoms with Gasteiger partial charge in [-0.3, -0.25) is 14.2 Å². The Labute approximate surface area is 81.6 Å². The number of carbonyl (C=O) groups is 1. The van der Waals surface area contributed by atoms with Crippen molar-refractivity contribution in [2.45, 2.75) is 20.8 Å². The van der Waals surface area contributed by atoms with Crippen molar-refractivity contribution in [2.24, 2.45) is 0 Å². The molecule has 72 valence electrons. The minimum Gasteiger partial charge on any atom is -0.294 e. The molecule has 0 saturated carbocycles. The lowest BCUT2D eigenvalue weighted by Gasteiger charge is -1.98. The molecule has 0 aliphatic heterocycles. The van der Waals surface area contributed by atoms with Crippen LogP contribution < -0.4 is 0 Å². The summed E-state index contributed by atoms with van der Waals surface area (Å²) in [4.78, 5) is 19.8. The molecule has 0 atom stereocenters. The maximum Gasteiger partial charge on any atom is 0.178 e. The number of nitrogens with zero attached hydrogens (tertiary/aromatic N) is 3. The van der Waals surface area contributed by atoms with Gasteiger partial charge in [0, 0.05) is 13.1 Å². The second kappa shape index (κ2) is 2.90. The summed E-state index contributed by atoms with van der Waals surface area (Å²) in [5.74, 6) is 0.0283. The van der Waals surface area contributed by atoms with Gasteiger partial charge >= 0.3 is 0 Å². The number of hydrogen-bond donors (Lipinski definition) is 0. The number of aromatic nitrogens is 3. The number of Topliss-reactive ketones (excluding diaryl/α,β-unsaturated/α-hetero) is 1. The number of fused-ring (bicyclic) bond motifs is 1. The summed E-state index contributed by atoms with van der Waals surface area (Å²) < 4.78 is 1.79. The monoisotopic (exact) mass is 189 g/mol. The Morgan fingerprint density at radius 2 is 2.14 bits per heavy atom. The zero-order valence-electron chi connectivity index (χ0n) is 8.40. The molecular formula is C10H11N3O. The zero-order valence-corrected chi connectivity index (χ0v) is 8.40. The Morgan fingerprint density at radius 1 is 1.43 bits per heavy atom. The van der Waals surface area contributed by atoms with Crippen molar-refractivity contribution < 1.29 is 4.79 Å². The first-order valence-corrected chi connectivity index (χ1v) is 4.42. The van der Waals surface area contributed by atoms with E-state index in [0.29, 0.717) is 5.69 Å². The van der Waals surface area contributed by atoms with Gasteiger partial charge in [-0.15, -0.1) is 0 Å². The smallest absolute Gasteiger partial charge is 0.178 e. The maximum atomic E-state index is 11.4. The van der Waals surface area contributed by atoms with Crippen molar-refractivity contribution in [3.8, 4) is 0 Å². The molecule has 0 unspecified atom stereocenters. The number of imidazole rings is 1. The van der Waals surface area contributed by atoms with Gasteiger partial charge in [0.2, 0.25) is 0 Å². The van der Waals surface area contributed by atoms with Crippen LogP contribution in [0.3, 0.4) is 0 Å². The molecule has 0 saturated heterocycles. The van der Waals surface area contributed by atoms with Crippen molar-refractivity contribution in [2.75, 3.05) is 0 Å². The molecule has 2 heterocycles. The Kier molecular flexibility index (Phi) is 1.84. The minimum atomic E-state index is 0.0283. The van der Waals surface area contributed by atoms with Gasteiger partial charge in [-0.1, -0.05) is 0 Å². The zero-order chi connectivity index (χ0) is 10.3. The van der Waals surface area contributed by atoms with Crippen molar-refractivity contribution >= 4 is 11.4 Å². The first kappa shape index (κ1) is 8.87. The van der Waals surface area contributed by atoms with Crippen LogP contribution >= 0.6 is 0 Å². The number of hydrogen-bond acceptors (Lipinski definition) is 3. The minimum absolute atomic E-state index is 0.0283. The van der Waals surface area contributed by atoms with Crippen molar-refractivity contribution in [1.29, 1.82) is 0 Å². The predicted molar refractivity (Wildman–Crippen MR) is 52.5 cm³/mol. The molecule has 0 radical (unpaired) electrons. The third-order valence-corrected chi connectivity index (χ3v) is 2.15. The summed E-state index contributed by atoms with van der Waals surface area (Å²) in [5.41, 5.74) is 2.99. The van der Waals surface area contributed by atoms with E-state index in [1.54, 1.807) is 17.5 Å². The maximum absolute atomic E-state index is 11.4. The van der Waals surface area contributed by atoms with E-state index in [4.69, 9.17) is 0 Å². The largest absolute Gasteiger partial charge is 0.294 e. The Hall–Kier alpha value is -1.71. The van der Waals surface area contributed by atoms with Crippen LogP contribution in [0, 0.1) is 13.8 Å². The first-order chi connectivity index (χ1) is 6.59. The quantitative estimate of drug-likeness (QED) is 0.639. The molecule has 2 aromatic heterocycles. The number of ketones is 1. The van der Waals surface area contributed by atoms with E-state index < -0.39 is 0 Å². The predicted octanol–water partition coefficient (Wildman–Crippen LogP) is 1.55. The summed E-state index contributed by atoms with van der Waals surface area (Å²) >= 11 is 0. The Bertz CT molecular complexity index is 513. The topological polar surface area (TPSA) is 47.3 Å². The van der Waals surface area contributed by atoms with Gasteiger partial charge in [-0.05, 0) is 13.8 Å². The molecule has 4 nitrogen and oxygen atoms in total. The second-order valence-electron chi connectivity index (χ2n) is 3.36. The summed E-state index contributed by atoms with van der Waals surface area (Å²) in [6.07, 6.45) is 3.50. The molecule has 14 heavy (non-hydrogen) atoms. The highest BCUT2D eigenvalue weighted by Crippen LogP contribution is 2.12. The fraction of sp³-hybridized carbons (Fsp3) is 0.300. The standard InChI is InChI=1S/C10H11N3O/c1-6-5-13-9(4-11-6)12-7(2)10(13)8(3)14/h4-5H,1-3H3. The SMILES string of the molecule is CC(=O)c1c(C)nc2cnc(C)cn12. The number of aryl methyl sites for hydroxylation is 2. The van der Waals surface area contributed by atoms with Crippen molar-refractivity contribution in [1.82, 2.24) is 14.4 Å². The molecule has 0 bridgehead atoms. The van der Waals surface area contributed by atoms with Gasteiger partial charge in [0.05, 0.1) is 17.6 Å². The Balaban J connectivity index is 2.86. The lowest BCUT2D eigenvalue weighted by molar-refractivity contribution is 0.101. The van der Waals surface area contributed by atoms with Crippen LogP contribution in [-0.4, -0.2) is 20.2 Å². The molecule has 0 aliphatic carbocycles. The van der Waals surface area contributed by atoms with Gasteiger partial charge < -0.3 is 0 Å². The van der Waals surface area contributed by atoms with E-state index in [0.717, 1.165) is 17.0 Å². The molecular weight excluding hydrogens is 178 g/mol. The van der Waals surface area contributed by atoms with Crippen molar-refractivity contribution in [3.63, 3.8) is 0 Å². The number of rotatable bonds is 1. The average molecular weight is 189 g/mol. The van der Waals surface area contributed by atoms with E-state index in [9.17, 15) is 4.79 Å². The lowest BCUT2D eigenvalue weighted by Crippen LogP contribution is -2.01. The molecule has 0 amide bonds. The van der Waals surface area contributed by atoms with Crippen LogP contribution in [0.15, 0.2) is 12.4 Å². The summed E-state index contributed by atoms with van der Waals surface area (Å²) in [5, 5.41) is 0. The fourth-order valence-corrected chi connectivity index (χ4v) is 1.59.